The van der Waals surface area contributed by atoms with Gasteiger partial charge in [-0.3, -0.25) is 0 Å². The van der Waals surface area contributed by atoms with Gasteiger partial charge in [0.15, 0.2) is 0 Å². The predicted molar refractivity (Wildman–Crippen MR) is 125 cm³/mol. The second-order valence-corrected chi connectivity index (χ2v) is 7.58. The molecule has 4 rings (SSSR count). The van der Waals surface area contributed by atoms with Crippen molar-refractivity contribution >= 4 is 11.4 Å². The van der Waals surface area contributed by atoms with Gasteiger partial charge in [0.1, 0.15) is 11.5 Å². The molecule has 6 heteroatoms. The molecule has 1 aliphatic heterocycles. The van der Waals surface area contributed by atoms with Gasteiger partial charge in [-0.05, 0) is 61.0 Å². The second-order valence-electron chi connectivity index (χ2n) is 7.58. The van der Waals surface area contributed by atoms with E-state index in [9.17, 15) is 0 Å². The standard InChI is InChI=1S/C25H29N3O3/c1-18-17-19(5-11-23(18)30-3)25-22(10-12-24(26-25)31-4)28-15-13-27(14-16-28)20-6-8-21(29-2)9-7-20/h5-12,17H,13-16H2,1-4H3. The van der Waals surface area contributed by atoms with Gasteiger partial charge in [-0.2, -0.15) is 0 Å². The summed E-state index contributed by atoms with van der Waals surface area (Å²) in [6.45, 7) is 5.78. The van der Waals surface area contributed by atoms with Crippen LogP contribution in [-0.2, 0) is 0 Å². The molecule has 162 valence electrons. The van der Waals surface area contributed by atoms with Crippen LogP contribution in [0.1, 0.15) is 5.56 Å². The predicted octanol–water partition coefficient (Wildman–Crippen LogP) is 4.41. The van der Waals surface area contributed by atoms with Crippen molar-refractivity contribution in [3.8, 4) is 28.6 Å². The molecular weight excluding hydrogens is 390 g/mol. The van der Waals surface area contributed by atoms with Crippen LogP contribution in [0.4, 0.5) is 11.4 Å². The molecule has 0 spiro atoms. The van der Waals surface area contributed by atoms with Crippen LogP contribution in [-0.4, -0.2) is 52.5 Å². The van der Waals surface area contributed by atoms with Crippen molar-refractivity contribution in [2.45, 2.75) is 6.92 Å². The minimum absolute atomic E-state index is 0.615. The fourth-order valence-electron chi connectivity index (χ4n) is 4.04. The summed E-state index contributed by atoms with van der Waals surface area (Å²) in [6, 6.07) is 18.5. The van der Waals surface area contributed by atoms with E-state index >= 15 is 0 Å². The first-order chi connectivity index (χ1) is 15.1. The molecule has 0 aliphatic carbocycles. The highest BCUT2D eigenvalue weighted by atomic mass is 16.5. The van der Waals surface area contributed by atoms with Crippen molar-refractivity contribution in [1.82, 2.24) is 4.98 Å². The Hall–Kier alpha value is -3.41. The van der Waals surface area contributed by atoms with Crippen LogP contribution in [0.25, 0.3) is 11.3 Å². The Bertz CT molecular complexity index is 1030. The largest absolute Gasteiger partial charge is 0.497 e. The molecule has 0 radical (unpaired) electrons. The molecule has 1 fully saturated rings. The van der Waals surface area contributed by atoms with Gasteiger partial charge in [0, 0.05) is 43.5 Å². The van der Waals surface area contributed by atoms with Gasteiger partial charge in [0.05, 0.1) is 32.7 Å². The first-order valence-corrected chi connectivity index (χ1v) is 10.5. The summed E-state index contributed by atoms with van der Waals surface area (Å²) in [5.41, 5.74) is 5.42. The maximum atomic E-state index is 5.43. The normalized spacial score (nSPS) is 13.8. The number of anilines is 2. The van der Waals surface area contributed by atoms with Crippen molar-refractivity contribution in [3.05, 3.63) is 60.2 Å². The number of aryl methyl sites for hydroxylation is 1. The monoisotopic (exact) mass is 419 g/mol. The Morgan fingerprint density at radius 3 is 2.06 bits per heavy atom. The Morgan fingerprint density at radius 2 is 1.45 bits per heavy atom. The number of methoxy groups -OCH3 is 3. The third-order valence-electron chi connectivity index (χ3n) is 5.78. The molecule has 0 bridgehead atoms. The van der Waals surface area contributed by atoms with Gasteiger partial charge >= 0.3 is 0 Å². The maximum absolute atomic E-state index is 5.43. The van der Waals surface area contributed by atoms with Crippen LogP contribution in [0.3, 0.4) is 0 Å². The summed E-state index contributed by atoms with van der Waals surface area (Å²) in [7, 11) is 5.04. The van der Waals surface area contributed by atoms with Crippen LogP contribution >= 0.6 is 0 Å². The average Bonchev–Trinajstić information content (AvgIpc) is 2.84. The first-order valence-electron chi connectivity index (χ1n) is 10.5. The third kappa shape index (κ3) is 4.38. The summed E-state index contributed by atoms with van der Waals surface area (Å²) >= 11 is 0. The molecular formula is C25H29N3O3. The summed E-state index contributed by atoms with van der Waals surface area (Å²) in [5.74, 6) is 2.37. The smallest absolute Gasteiger partial charge is 0.213 e. The summed E-state index contributed by atoms with van der Waals surface area (Å²) < 4.78 is 16.1. The Labute approximate surface area is 184 Å². The van der Waals surface area contributed by atoms with E-state index in [1.165, 1.54) is 5.69 Å². The van der Waals surface area contributed by atoms with E-state index in [1.807, 2.05) is 24.3 Å². The Balaban J connectivity index is 1.58. The fourth-order valence-corrected chi connectivity index (χ4v) is 4.04. The SMILES string of the molecule is COc1ccc(N2CCN(c3ccc(OC)nc3-c3ccc(OC)c(C)c3)CC2)cc1. The highest BCUT2D eigenvalue weighted by Gasteiger charge is 2.21. The average molecular weight is 420 g/mol. The molecule has 31 heavy (non-hydrogen) atoms. The summed E-state index contributed by atoms with van der Waals surface area (Å²) in [4.78, 5) is 9.61. The van der Waals surface area contributed by atoms with Gasteiger partial charge in [-0.15, -0.1) is 0 Å². The number of piperazine rings is 1. The second kappa shape index (κ2) is 9.16. The zero-order chi connectivity index (χ0) is 21.8. The van der Waals surface area contributed by atoms with Crippen molar-refractivity contribution in [2.24, 2.45) is 0 Å². The van der Waals surface area contributed by atoms with E-state index in [0.717, 1.165) is 60.2 Å². The van der Waals surface area contributed by atoms with E-state index in [1.54, 1.807) is 21.3 Å². The van der Waals surface area contributed by atoms with Gasteiger partial charge in [0.2, 0.25) is 5.88 Å². The van der Waals surface area contributed by atoms with E-state index in [-0.39, 0.29) is 0 Å². The van der Waals surface area contributed by atoms with Gasteiger partial charge < -0.3 is 24.0 Å². The lowest BCUT2D eigenvalue weighted by Crippen LogP contribution is -2.46. The molecule has 1 saturated heterocycles. The Kier molecular flexibility index (Phi) is 6.16. The van der Waals surface area contributed by atoms with Crippen LogP contribution in [0.15, 0.2) is 54.6 Å². The number of nitrogens with zero attached hydrogens (tertiary/aromatic N) is 3. The lowest BCUT2D eigenvalue weighted by atomic mass is 10.0. The maximum Gasteiger partial charge on any atom is 0.213 e. The van der Waals surface area contributed by atoms with E-state index in [4.69, 9.17) is 19.2 Å². The van der Waals surface area contributed by atoms with Crippen LogP contribution in [0.5, 0.6) is 17.4 Å². The molecule has 2 aromatic carbocycles. The first kappa shape index (κ1) is 20.8. The summed E-state index contributed by atoms with van der Waals surface area (Å²) in [5, 5.41) is 0. The molecule has 6 nitrogen and oxygen atoms in total. The zero-order valence-corrected chi connectivity index (χ0v) is 18.6. The molecule has 3 aromatic rings. The van der Waals surface area contributed by atoms with Crippen molar-refractivity contribution in [1.29, 1.82) is 0 Å². The third-order valence-corrected chi connectivity index (χ3v) is 5.78. The minimum Gasteiger partial charge on any atom is -0.497 e. The molecule has 0 atom stereocenters. The van der Waals surface area contributed by atoms with Crippen molar-refractivity contribution in [2.75, 3.05) is 57.3 Å². The van der Waals surface area contributed by atoms with Gasteiger partial charge in [-0.25, -0.2) is 4.98 Å². The minimum atomic E-state index is 0.615. The molecule has 2 heterocycles. The van der Waals surface area contributed by atoms with Gasteiger partial charge in [0.25, 0.3) is 0 Å². The van der Waals surface area contributed by atoms with E-state index in [0.29, 0.717) is 5.88 Å². The van der Waals surface area contributed by atoms with Gasteiger partial charge in [-0.1, -0.05) is 0 Å². The lowest BCUT2D eigenvalue weighted by molar-refractivity contribution is 0.398. The van der Waals surface area contributed by atoms with E-state index in [2.05, 4.69) is 47.1 Å². The number of rotatable bonds is 6. The zero-order valence-electron chi connectivity index (χ0n) is 18.6. The summed E-state index contributed by atoms with van der Waals surface area (Å²) in [6.07, 6.45) is 0. The van der Waals surface area contributed by atoms with Crippen LogP contribution in [0, 0.1) is 6.92 Å². The van der Waals surface area contributed by atoms with Crippen LogP contribution < -0.4 is 24.0 Å². The van der Waals surface area contributed by atoms with Crippen molar-refractivity contribution < 1.29 is 14.2 Å². The molecule has 0 N–H and O–H groups in total. The van der Waals surface area contributed by atoms with Crippen molar-refractivity contribution in [3.63, 3.8) is 0 Å². The molecule has 0 amide bonds. The molecule has 1 aromatic heterocycles. The quantitative estimate of drug-likeness (QED) is 0.590. The number of aromatic nitrogens is 1. The molecule has 0 unspecified atom stereocenters. The fraction of sp³-hybridized carbons (Fsp3) is 0.320. The number of hydrogen-bond donors (Lipinski definition) is 0. The van der Waals surface area contributed by atoms with E-state index < -0.39 is 0 Å². The Morgan fingerprint density at radius 1 is 0.742 bits per heavy atom. The highest BCUT2D eigenvalue weighted by Crippen LogP contribution is 2.34. The van der Waals surface area contributed by atoms with Crippen LogP contribution in [0.2, 0.25) is 0 Å². The number of pyridine rings is 1. The lowest BCUT2D eigenvalue weighted by Gasteiger charge is -2.38. The molecule has 1 aliphatic rings. The topological polar surface area (TPSA) is 47.1 Å². The number of benzene rings is 2. The molecule has 0 saturated carbocycles. The number of ether oxygens (including phenoxy) is 3. The highest BCUT2D eigenvalue weighted by molar-refractivity contribution is 5.77. The number of hydrogen-bond acceptors (Lipinski definition) is 6.